The molecule has 0 fully saturated rings. The van der Waals surface area contributed by atoms with Crippen LogP contribution in [0.3, 0.4) is 0 Å². The number of aryl methyl sites for hydroxylation is 1. The fourth-order valence-corrected chi connectivity index (χ4v) is 3.68. The van der Waals surface area contributed by atoms with Crippen LogP contribution < -0.4 is 0 Å². The molecule has 1 aliphatic carbocycles. The predicted molar refractivity (Wildman–Crippen MR) is 93.4 cm³/mol. The van der Waals surface area contributed by atoms with Crippen molar-refractivity contribution in [2.45, 2.75) is 46.5 Å². The number of benzene rings is 2. The molecule has 3 rings (SSSR count). The van der Waals surface area contributed by atoms with Crippen LogP contribution in [0.15, 0.2) is 16.6 Å². The average molecular weight is 329 g/mol. The summed E-state index contributed by atoms with van der Waals surface area (Å²) in [5.74, 6) is 0. The Morgan fingerprint density at radius 3 is 2.30 bits per heavy atom. The van der Waals surface area contributed by atoms with Crippen LogP contribution in [0.5, 0.6) is 0 Å². The molecule has 0 N–H and O–H groups in total. The smallest absolute Gasteiger partial charge is 0.0216 e. The molecule has 0 atom stereocenters. The molecule has 2 aromatic rings. The zero-order valence-corrected chi connectivity index (χ0v) is 14.5. The Labute approximate surface area is 130 Å². The quantitative estimate of drug-likeness (QED) is 0.495. The number of hydrogen-bond acceptors (Lipinski definition) is 0. The standard InChI is InChI=1S/C19H21Br/c1-6-12-9-16(19(3,4)5)15-10-17(20)11(2)13-7-8-14(12)18(13)15/h7-10H,6H2,1-5H3. The topological polar surface area (TPSA) is 0 Å². The highest BCUT2D eigenvalue weighted by Crippen LogP contribution is 2.43. The fourth-order valence-electron chi connectivity index (χ4n) is 3.24. The first kappa shape index (κ1) is 13.9. The Morgan fingerprint density at radius 1 is 1.05 bits per heavy atom. The lowest BCUT2D eigenvalue weighted by Gasteiger charge is -2.24. The van der Waals surface area contributed by atoms with Crippen LogP contribution >= 0.6 is 15.9 Å². The minimum Gasteiger partial charge on any atom is -0.0613 e. The summed E-state index contributed by atoms with van der Waals surface area (Å²) in [6, 6.07) is 4.73. The van der Waals surface area contributed by atoms with Crippen LogP contribution in [0.2, 0.25) is 0 Å². The van der Waals surface area contributed by atoms with Gasteiger partial charge in [0.05, 0.1) is 0 Å². The molecular weight excluding hydrogens is 308 g/mol. The fraction of sp³-hybridized carbons (Fsp3) is 0.368. The van der Waals surface area contributed by atoms with Crippen LogP contribution in [0.25, 0.3) is 22.9 Å². The minimum absolute atomic E-state index is 0.164. The van der Waals surface area contributed by atoms with Crippen molar-refractivity contribution in [2.75, 3.05) is 0 Å². The minimum atomic E-state index is 0.164. The van der Waals surface area contributed by atoms with Gasteiger partial charge in [-0.15, -0.1) is 0 Å². The van der Waals surface area contributed by atoms with E-state index in [4.69, 9.17) is 0 Å². The summed E-state index contributed by atoms with van der Waals surface area (Å²) in [7, 11) is 0. The van der Waals surface area contributed by atoms with Crippen LogP contribution in [0.1, 0.15) is 55.5 Å². The molecule has 0 unspecified atom stereocenters. The lowest BCUT2D eigenvalue weighted by Crippen LogP contribution is -2.13. The van der Waals surface area contributed by atoms with Gasteiger partial charge >= 0.3 is 0 Å². The molecule has 1 aliphatic rings. The maximum atomic E-state index is 3.73. The first-order chi connectivity index (χ1) is 9.34. The third kappa shape index (κ3) is 1.87. The van der Waals surface area contributed by atoms with E-state index < -0.39 is 0 Å². The average Bonchev–Trinajstić information content (AvgIpc) is 2.80. The summed E-state index contributed by atoms with van der Waals surface area (Å²) in [5.41, 5.74) is 7.27. The summed E-state index contributed by atoms with van der Waals surface area (Å²) in [4.78, 5) is 0. The second-order valence-electron chi connectivity index (χ2n) is 6.75. The Bertz CT molecular complexity index is 743. The summed E-state index contributed by atoms with van der Waals surface area (Å²) in [5, 5.41) is 2.86. The molecule has 0 heterocycles. The molecular formula is C19H21Br. The Morgan fingerprint density at radius 2 is 1.70 bits per heavy atom. The van der Waals surface area contributed by atoms with Crippen LogP contribution in [0, 0.1) is 6.92 Å². The molecule has 0 aliphatic heterocycles. The zero-order chi connectivity index (χ0) is 14.7. The van der Waals surface area contributed by atoms with Crippen molar-refractivity contribution in [2.24, 2.45) is 0 Å². The number of hydrogen-bond donors (Lipinski definition) is 0. The molecule has 2 aromatic carbocycles. The molecule has 0 nitrogen and oxygen atoms in total. The lowest BCUT2D eigenvalue weighted by molar-refractivity contribution is 0.595. The van der Waals surface area contributed by atoms with Gasteiger partial charge in [-0.25, -0.2) is 0 Å². The van der Waals surface area contributed by atoms with E-state index in [0.717, 1.165) is 6.42 Å². The van der Waals surface area contributed by atoms with Gasteiger partial charge < -0.3 is 0 Å². The first-order valence-corrected chi connectivity index (χ1v) is 8.11. The van der Waals surface area contributed by atoms with Crippen molar-refractivity contribution in [1.29, 1.82) is 0 Å². The van der Waals surface area contributed by atoms with E-state index in [9.17, 15) is 0 Å². The van der Waals surface area contributed by atoms with Crippen molar-refractivity contribution in [3.8, 4) is 0 Å². The SMILES string of the molecule is CCc1cc(C(C)(C)C)c2cc(Br)c(C)c3c2c1C=C3. The number of rotatable bonds is 1. The van der Waals surface area contributed by atoms with Crippen molar-refractivity contribution in [3.63, 3.8) is 0 Å². The van der Waals surface area contributed by atoms with Gasteiger partial charge in [0.1, 0.15) is 0 Å². The maximum absolute atomic E-state index is 3.73. The van der Waals surface area contributed by atoms with E-state index in [1.54, 1.807) is 0 Å². The monoisotopic (exact) mass is 328 g/mol. The third-order valence-electron chi connectivity index (χ3n) is 4.40. The predicted octanol–water partition coefficient (Wildman–Crippen LogP) is 6.25. The highest BCUT2D eigenvalue weighted by Gasteiger charge is 2.24. The summed E-state index contributed by atoms with van der Waals surface area (Å²) < 4.78 is 1.22. The van der Waals surface area contributed by atoms with Gasteiger partial charge in [-0.2, -0.15) is 0 Å². The molecule has 0 bridgehead atoms. The summed E-state index contributed by atoms with van der Waals surface area (Å²) in [6.07, 6.45) is 5.67. The van der Waals surface area contributed by atoms with E-state index in [0.29, 0.717) is 0 Å². The highest BCUT2D eigenvalue weighted by atomic mass is 79.9. The van der Waals surface area contributed by atoms with Crippen molar-refractivity contribution in [3.05, 3.63) is 44.4 Å². The Balaban J connectivity index is 2.54. The van der Waals surface area contributed by atoms with E-state index in [1.165, 1.54) is 43.1 Å². The van der Waals surface area contributed by atoms with Crippen LogP contribution in [0.4, 0.5) is 0 Å². The Kier molecular flexibility index (Phi) is 3.10. The summed E-state index contributed by atoms with van der Waals surface area (Å²) >= 11 is 3.73. The largest absolute Gasteiger partial charge is 0.0613 e. The first-order valence-electron chi connectivity index (χ1n) is 7.32. The van der Waals surface area contributed by atoms with E-state index in [-0.39, 0.29) is 5.41 Å². The van der Waals surface area contributed by atoms with Crippen molar-refractivity contribution < 1.29 is 0 Å². The van der Waals surface area contributed by atoms with Crippen LogP contribution in [-0.4, -0.2) is 0 Å². The van der Waals surface area contributed by atoms with Crippen molar-refractivity contribution >= 4 is 38.9 Å². The number of halogens is 1. The van der Waals surface area contributed by atoms with Gasteiger partial charge in [-0.3, -0.25) is 0 Å². The lowest BCUT2D eigenvalue weighted by atomic mass is 9.80. The maximum Gasteiger partial charge on any atom is 0.0216 e. The van der Waals surface area contributed by atoms with Gasteiger partial charge in [0.2, 0.25) is 0 Å². The van der Waals surface area contributed by atoms with Gasteiger partial charge in [0, 0.05) is 4.47 Å². The molecule has 0 spiro atoms. The molecule has 104 valence electrons. The third-order valence-corrected chi connectivity index (χ3v) is 5.23. The Hall–Kier alpha value is -1.08. The van der Waals surface area contributed by atoms with Gasteiger partial charge in [-0.05, 0) is 63.4 Å². The molecule has 0 saturated heterocycles. The molecule has 1 heteroatoms. The van der Waals surface area contributed by atoms with Crippen molar-refractivity contribution in [1.82, 2.24) is 0 Å². The van der Waals surface area contributed by atoms with E-state index >= 15 is 0 Å². The molecule has 0 radical (unpaired) electrons. The van der Waals surface area contributed by atoms with E-state index in [2.05, 4.69) is 74.8 Å². The summed E-state index contributed by atoms with van der Waals surface area (Å²) in [6.45, 7) is 11.4. The van der Waals surface area contributed by atoms with Gasteiger partial charge in [0.25, 0.3) is 0 Å². The van der Waals surface area contributed by atoms with Gasteiger partial charge in [-0.1, -0.05) is 61.8 Å². The normalized spacial score (nSPS) is 13.5. The van der Waals surface area contributed by atoms with E-state index in [1.807, 2.05) is 0 Å². The molecule has 0 amide bonds. The molecule has 20 heavy (non-hydrogen) atoms. The second kappa shape index (κ2) is 4.46. The van der Waals surface area contributed by atoms with Crippen LogP contribution in [-0.2, 0) is 11.8 Å². The molecule has 0 saturated carbocycles. The molecule has 0 aromatic heterocycles. The second-order valence-corrected chi connectivity index (χ2v) is 7.61. The highest BCUT2D eigenvalue weighted by molar-refractivity contribution is 9.10. The zero-order valence-electron chi connectivity index (χ0n) is 12.9. The van der Waals surface area contributed by atoms with Gasteiger partial charge in [0.15, 0.2) is 0 Å².